The molecular weight excluding hydrogens is 332 g/mol. The normalized spacial score (nSPS) is 10.1. The van der Waals surface area contributed by atoms with Gasteiger partial charge in [0.2, 0.25) is 11.8 Å². The van der Waals surface area contributed by atoms with Crippen molar-refractivity contribution >= 4 is 17.5 Å². The Morgan fingerprint density at radius 2 is 1.77 bits per heavy atom. The van der Waals surface area contributed by atoms with Crippen LogP contribution in [0.5, 0.6) is 11.5 Å². The summed E-state index contributed by atoms with van der Waals surface area (Å²) in [7, 11) is 3.11. The van der Waals surface area contributed by atoms with E-state index < -0.39 is 0 Å². The summed E-state index contributed by atoms with van der Waals surface area (Å²) in [5, 5.41) is 2.85. The van der Waals surface area contributed by atoms with Crippen LogP contribution in [-0.4, -0.2) is 39.1 Å². The van der Waals surface area contributed by atoms with Crippen LogP contribution in [0.4, 0.5) is 5.69 Å². The van der Waals surface area contributed by atoms with Crippen molar-refractivity contribution in [2.45, 2.75) is 13.3 Å². The Balaban J connectivity index is 2.01. The molecule has 2 rings (SSSR count). The van der Waals surface area contributed by atoms with Crippen molar-refractivity contribution in [3.63, 3.8) is 0 Å². The summed E-state index contributed by atoms with van der Waals surface area (Å²) < 4.78 is 10.6. The van der Waals surface area contributed by atoms with Gasteiger partial charge in [0.25, 0.3) is 0 Å². The second-order valence-corrected chi connectivity index (χ2v) is 5.72. The van der Waals surface area contributed by atoms with Crippen molar-refractivity contribution in [3.05, 3.63) is 54.1 Å². The van der Waals surface area contributed by atoms with Crippen LogP contribution in [0.15, 0.2) is 48.5 Å². The SMILES string of the molecule is COc1ccc(OC)c(N(CCNC(=O)Cc2ccccc2)C(C)=O)c1. The van der Waals surface area contributed by atoms with E-state index in [0.717, 1.165) is 5.56 Å². The van der Waals surface area contributed by atoms with Gasteiger partial charge in [-0.1, -0.05) is 30.3 Å². The van der Waals surface area contributed by atoms with Gasteiger partial charge in [0.15, 0.2) is 0 Å². The van der Waals surface area contributed by atoms with E-state index in [1.807, 2.05) is 30.3 Å². The highest BCUT2D eigenvalue weighted by molar-refractivity contribution is 5.93. The number of hydrogen-bond donors (Lipinski definition) is 1. The summed E-state index contributed by atoms with van der Waals surface area (Å²) in [6.45, 7) is 2.15. The maximum atomic E-state index is 12.1. The van der Waals surface area contributed by atoms with Gasteiger partial charge in [-0.15, -0.1) is 0 Å². The molecule has 2 aromatic carbocycles. The van der Waals surface area contributed by atoms with Gasteiger partial charge in [0.1, 0.15) is 11.5 Å². The van der Waals surface area contributed by atoms with E-state index in [-0.39, 0.29) is 11.8 Å². The number of nitrogens with one attached hydrogen (secondary N) is 1. The third-order valence-electron chi connectivity index (χ3n) is 3.92. The zero-order valence-electron chi connectivity index (χ0n) is 15.3. The highest BCUT2D eigenvalue weighted by Gasteiger charge is 2.17. The predicted octanol–water partition coefficient (Wildman–Crippen LogP) is 2.42. The van der Waals surface area contributed by atoms with Gasteiger partial charge < -0.3 is 19.7 Å². The van der Waals surface area contributed by atoms with Gasteiger partial charge in [-0.3, -0.25) is 9.59 Å². The first-order valence-corrected chi connectivity index (χ1v) is 8.36. The molecule has 1 N–H and O–H groups in total. The number of carbonyl (C=O) groups excluding carboxylic acids is 2. The summed E-state index contributed by atoms with van der Waals surface area (Å²) in [6.07, 6.45) is 0.309. The summed E-state index contributed by atoms with van der Waals surface area (Å²) >= 11 is 0. The monoisotopic (exact) mass is 356 g/mol. The minimum absolute atomic E-state index is 0.0858. The Morgan fingerprint density at radius 3 is 2.38 bits per heavy atom. The van der Waals surface area contributed by atoms with Crippen LogP contribution in [-0.2, 0) is 16.0 Å². The molecule has 0 radical (unpaired) electrons. The smallest absolute Gasteiger partial charge is 0.224 e. The van der Waals surface area contributed by atoms with Crippen molar-refractivity contribution in [3.8, 4) is 11.5 Å². The minimum Gasteiger partial charge on any atom is -0.497 e. The fourth-order valence-electron chi connectivity index (χ4n) is 2.61. The lowest BCUT2D eigenvalue weighted by molar-refractivity contribution is -0.121. The van der Waals surface area contributed by atoms with Crippen molar-refractivity contribution in [2.24, 2.45) is 0 Å². The van der Waals surface area contributed by atoms with Crippen molar-refractivity contribution in [1.82, 2.24) is 5.32 Å². The van der Waals surface area contributed by atoms with E-state index in [1.54, 1.807) is 37.3 Å². The number of ether oxygens (including phenoxy) is 2. The molecule has 0 aromatic heterocycles. The molecule has 0 spiro atoms. The fourth-order valence-corrected chi connectivity index (χ4v) is 2.61. The Hall–Kier alpha value is -3.02. The van der Waals surface area contributed by atoms with Crippen molar-refractivity contribution in [1.29, 1.82) is 0 Å². The molecule has 0 aliphatic carbocycles. The first-order valence-electron chi connectivity index (χ1n) is 8.36. The molecule has 2 amide bonds. The number of carbonyl (C=O) groups is 2. The molecule has 6 nitrogen and oxygen atoms in total. The summed E-state index contributed by atoms with van der Waals surface area (Å²) in [4.78, 5) is 25.7. The second kappa shape index (κ2) is 9.46. The number of amides is 2. The molecule has 0 heterocycles. The Labute approximate surface area is 153 Å². The van der Waals surface area contributed by atoms with Crippen LogP contribution < -0.4 is 19.7 Å². The number of methoxy groups -OCH3 is 2. The largest absolute Gasteiger partial charge is 0.497 e. The van der Waals surface area contributed by atoms with Crippen molar-refractivity contribution in [2.75, 3.05) is 32.2 Å². The van der Waals surface area contributed by atoms with E-state index in [9.17, 15) is 9.59 Å². The highest BCUT2D eigenvalue weighted by atomic mass is 16.5. The molecule has 0 saturated heterocycles. The van der Waals surface area contributed by atoms with Crippen LogP contribution in [0.25, 0.3) is 0 Å². The molecule has 0 fully saturated rings. The zero-order chi connectivity index (χ0) is 18.9. The summed E-state index contributed by atoms with van der Waals surface area (Å²) in [6, 6.07) is 14.8. The Morgan fingerprint density at radius 1 is 1.04 bits per heavy atom. The van der Waals surface area contributed by atoms with Gasteiger partial charge in [0, 0.05) is 26.1 Å². The first-order chi connectivity index (χ1) is 12.5. The molecule has 0 unspecified atom stereocenters. The number of nitrogens with zero attached hydrogens (tertiary/aromatic N) is 1. The predicted molar refractivity (Wildman–Crippen MR) is 101 cm³/mol. The third-order valence-corrected chi connectivity index (χ3v) is 3.92. The Kier molecular flexibility index (Phi) is 7.02. The number of anilines is 1. The van der Waals surface area contributed by atoms with E-state index in [0.29, 0.717) is 36.7 Å². The van der Waals surface area contributed by atoms with Crippen LogP contribution in [0.3, 0.4) is 0 Å². The third kappa shape index (κ3) is 5.24. The molecule has 0 aliphatic heterocycles. The minimum atomic E-state index is -0.145. The van der Waals surface area contributed by atoms with Gasteiger partial charge in [-0.25, -0.2) is 0 Å². The van der Waals surface area contributed by atoms with E-state index in [4.69, 9.17) is 9.47 Å². The molecular formula is C20H24N2O4. The van der Waals surface area contributed by atoms with Gasteiger partial charge in [0.05, 0.1) is 26.3 Å². The quantitative estimate of drug-likeness (QED) is 0.789. The molecule has 0 bridgehead atoms. The van der Waals surface area contributed by atoms with E-state index in [2.05, 4.69) is 5.32 Å². The lowest BCUT2D eigenvalue weighted by Gasteiger charge is -2.24. The Bertz CT molecular complexity index is 747. The van der Waals surface area contributed by atoms with Crippen LogP contribution in [0.1, 0.15) is 12.5 Å². The molecule has 6 heteroatoms. The lowest BCUT2D eigenvalue weighted by Crippen LogP contribution is -2.38. The molecule has 138 valence electrons. The molecule has 2 aromatic rings. The summed E-state index contributed by atoms with van der Waals surface area (Å²) in [5.41, 5.74) is 1.56. The number of hydrogen-bond acceptors (Lipinski definition) is 4. The van der Waals surface area contributed by atoms with Gasteiger partial charge in [-0.2, -0.15) is 0 Å². The van der Waals surface area contributed by atoms with Gasteiger partial charge in [-0.05, 0) is 17.7 Å². The maximum Gasteiger partial charge on any atom is 0.224 e. The molecule has 0 atom stereocenters. The standard InChI is InChI=1S/C20H24N2O4/c1-15(23)22(18-14-17(25-2)9-10-19(18)26-3)12-11-21-20(24)13-16-7-5-4-6-8-16/h4-10,14H,11-13H2,1-3H3,(H,21,24). The molecule has 26 heavy (non-hydrogen) atoms. The summed E-state index contributed by atoms with van der Waals surface area (Å²) in [5.74, 6) is 0.961. The molecule has 0 saturated carbocycles. The van der Waals surface area contributed by atoms with E-state index in [1.165, 1.54) is 6.92 Å². The van der Waals surface area contributed by atoms with Crippen molar-refractivity contribution < 1.29 is 19.1 Å². The second-order valence-electron chi connectivity index (χ2n) is 5.72. The van der Waals surface area contributed by atoms with Crippen LogP contribution >= 0.6 is 0 Å². The average Bonchev–Trinajstić information content (AvgIpc) is 2.65. The maximum absolute atomic E-state index is 12.1. The number of benzene rings is 2. The van der Waals surface area contributed by atoms with Crippen LogP contribution in [0, 0.1) is 0 Å². The first kappa shape index (κ1) is 19.3. The lowest BCUT2D eigenvalue weighted by atomic mass is 10.1. The van der Waals surface area contributed by atoms with Gasteiger partial charge >= 0.3 is 0 Å². The van der Waals surface area contributed by atoms with E-state index >= 15 is 0 Å². The van der Waals surface area contributed by atoms with Crippen LogP contribution in [0.2, 0.25) is 0 Å². The molecule has 0 aliphatic rings. The topological polar surface area (TPSA) is 67.9 Å². The average molecular weight is 356 g/mol. The fraction of sp³-hybridized carbons (Fsp3) is 0.300. The highest BCUT2D eigenvalue weighted by Crippen LogP contribution is 2.32. The number of rotatable bonds is 8. The zero-order valence-corrected chi connectivity index (χ0v) is 15.3.